The first kappa shape index (κ1) is 17.8. The summed E-state index contributed by atoms with van der Waals surface area (Å²) in [6.45, 7) is 7.57. The largest absolute Gasteiger partial charge is 0.485 e. The van der Waals surface area contributed by atoms with Crippen LogP contribution in [0.5, 0.6) is 5.75 Å². The summed E-state index contributed by atoms with van der Waals surface area (Å²) in [6, 6.07) is 16.4. The molecule has 1 aliphatic heterocycles. The molecule has 2 aromatic carbocycles. The molecule has 2 atom stereocenters. The third-order valence-electron chi connectivity index (χ3n) is 4.56. The molecule has 1 N–H and O–H groups in total. The van der Waals surface area contributed by atoms with Gasteiger partial charge >= 0.3 is 0 Å². The van der Waals surface area contributed by atoms with E-state index in [4.69, 9.17) is 14.2 Å². The van der Waals surface area contributed by atoms with Crippen molar-refractivity contribution in [2.75, 3.05) is 19.0 Å². The lowest BCUT2D eigenvalue weighted by Crippen LogP contribution is -2.50. The van der Waals surface area contributed by atoms with E-state index in [1.807, 2.05) is 44.2 Å². The highest BCUT2D eigenvalue weighted by atomic mass is 16.6. The zero-order chi connectivity index (χ0) is 17.9. The van der Waals surface area contributed by atoms with Crippen LogP contribution < -0.4 is 10.1 Å². The maximum Gasteiger partial charge on any atom is 0.132 e. The van der Waals surface area contributed by atoms with Crippen LogP contribution in [0.2, 0.25) is 0 Å². The molecule has 3 rings (SSSR count). The summed E-state index contributed by atoms with van der Waals surface area (Å²) in [5.41, 5.74) is 2.77. The number of benzene rings is 2. The van der Waals surface area contributed by atoms with Crippen LogP contribution in [0.3, 0.4) is 0 Å². The van der Waals surface area contributed by atoms with E-state index >= 15 is 0 Å². The Labute approximate surface area is 150 Å². The van der Waals surface area contributed by atoms with Crippen LogP contribution in [0.4, 0.5) is 5.69 Å². The van der Waals surface area contributed by atoms with E-state index in [1.54, 1.807) is 7.11 Å². The Kier molecular flexibility index (Phi) is 5.30. The minimum absolute atomic E-state index is 0.192. The smallest absolute Gasteiger partial charge is 0.132 e. The lowest BCUT2D eigenvalue weighted by molar-refractivity contribution is -0.153. The van der Waals surface area contributed by atoms with Gasteiger partial charge < -0.3 is 19.5 Å². The summed E-state index contributed by atoms with van der Waals surface area (Å²) < 4.78 is 18.3. The van der Waals surface area contributed by atoms with Crippen molar-refractivity contribution in [1.82, 2.24) is 0 Å². The molecular weight excluding hydrogens is 314 g/mol. The van der Waals surface area contributed by atoms with E-state index in [2.05, 4.69) is 30.4 Å². The normalized spacial score (nSPS) is 21.3. The average Bonchev–Trinajstić information content (AvgIpc) is 2.60. The monoisotopic (exact) mass is 341 g/mol. The van der Waals surface area contributed by atoms with Crippen LogP contribution in [0, 0.1) is 0 Å². The highest BCUT2D eigenvalue weighted by molar-refractivity contribution is 5.53. The number of rotatable bonds is 6. The van der Waals surface area contributed by atoms with Gasteiger partial charge in [0.15, 0.2) is 0 Å². The molecule has 0 aliphatic carbocycles. The van der Waals surface area contributed by atoms with Gasteiger partial charge in [-0.2, -0.15) is 0 Å². The standard InChI is InChI=1S/C21H27NO3/c1-5-22-16-11-12-18-17(13-16)19(20(23-4)21(2,3)25-18)24-14-15-9-7-6-8-10-15/h6-13,19-20,22H,5,14H2,1-4H3. The van der Waals surface area contributed by atoms with Crippen molar-refractivity contribution < 1.29 is 14.2 Å². The van der Waals surface area contributed by atoms with Gasteiger partial charge in [-0.25, -0.2) is 0 Å². The van der Waals surface area contributed by atoms with E-state index in [1.165, 1.54) is 0 Å². The summed E-state index contributed by atoms with van der Waals surface area (Å²) in [5, 5.41) is 3.35. The molecule has 25 heavy (non-hydrogen) atoms. The van der Waals surface area contributed by atoms with Crippen molar-refractivity contribution in [3.8, 4) is 5.75 Å². The first-order valence-electron chi connectivity index (χ1n) is 8.80. The maximum atomic E-state index is 6.33. The molecule has 0 fully saturated rings. The van der Waals surface area contributed by atoms with Crippen LogP contribution in [0.15, 0.2) is 48.5 Å². The maximum absolute atomic E-state index is 6.33. The molecule has 2 aromatic rings. The molecule has 0 spiro atoms. The van der Waals surface area contributed by atoms with Gasteiger partial charge in [-0.3, -0.25) is 0 Å². The SMILES string of the molecule is CCNc1ccc2c(c1)C(OCc1ccccc1)C(OC)C(C)(C)O2. The second-order valence-electron chi connectivity index (χ2n) is 6.86. The zero-order valence-corrected chi connectivity index (χ0v) is 15.4. The van der Waals surface area contributed by atoms with Gasteiger partial charge in [0.2, 0.25) is 0 Å². The topological polar surface area (TPSA) is 39.7 Å². The molecule has 0 saturated heterocycles. The third-order valence-corrected chi connectivity index (χ3v) is 4.56. The summed E-state index contributed by atoms with van der Waals surface area (Å²) >= 11 is 0. The molecule has 134 valence electrons. The van der Waals surface area contributed by atoms with Gasteiger partial charge in [0.05, 0.1) is 6.61 Å². The first-order valence-corrected chi connectivity index (χ1v) is 8.80. The van der Waals surface area contributed by atoms with Crippen LogP contribution in [0.1, 0.15) is 38.0 Å². The highest BCUT2D eigenvalue weighted by Gasteiger charge is 2.45. The van der Waals surface area contributed by atoms with Crippen LogP contribution >= 0.6 is 0 Å². The number of nitrogens with one attached hydrogen (secondary N) is 1. The zero-order valence-electron chi connectivity index (χ0n) is 15.4. The Bertz CT molecular complexity index is 700. The predicted octanol–water partition coefficient (Wildman–Crippen LogP) is 4.56. The number of ether oxygens (including phenoxy) is 3. The van der Waals surface area contributed by atoms with Crippen molar-refractivity contribution in [1.29, 1.82) is 0 Å². The predicted molar refractivity (Wildman–Crippen MR) is 100 cm³/mol. The van der Waals surface area contributed by atoms with Crippen molar-refractivity contribution in [3.05, 3.63) is 59.7 Å². The van der Waals surface area contributed by atoms with E-state index in [-0.39, 0.29) is 12.2 Å². The molecule has 0 radical (unpaired) electrons. The van der Waals surface area contributed by atoms with Crippen LogP contribution in [-0.4, -0.2) is 25.4 Å². The molecule has 0 aromatic heterocycles. The third kappa shape index (κ3) is 3.80. The molecule has 1 heterocycles. The summed E-state index contributed by atoms with van der Waals surface area (Å²) in [6.07, 6.45) is -0.386. The summed E-state index contributed by atoms with van der Waals surface area (Å²) in [4.78, 5) is 0. The number of fused-ring (bicyclic) bond motifs is 1. The molecular formula is C21H27NO3. The Morgan fingerprint density at radius 1 is 1.12 bits per heavy atom. The summed E-state index contributed by atoms with van der Waals surface area (Å²) in [7, 11) is 1.72. The van der Waals surface area contributed by atoms with Crippen LogP contribution in [-0.2, 0) is 16.1 Å². The quantitative estimate of drug-likeness (QED) is 0.836. The van der Waals surface area contributed by atoms with E-state index < -0.39 is 5.60 Å². The van der Waals surface area contributed by atoms with Gasteiger partial charge in [0.25, 0.3) is 0 Å². The Morgan fingerprint density at radius 2 is 1.88 bits per heavy atom. The van der Waals surface area contributed by atoms with Crippen molar-refractivity contribution in [3.63, 3.8) is 0 Å². The van der Waals surface area contributed by atoms with Crippen molar-refractivity contribution in [2.45, 2.75) is 45.2 Å². The fraction of sp³-hybridized carbons (Fsp3) is 0.429. The Balaban J connectivity index is 1.92. The Morgan fingerprint density at radius 3 is 2.56 bits per heavy atom. The molecule has 1 aliphatic rings. The van der Waals surface area contributed by atoms with Crippen molar-refractivity contribution >= 4 is 5.69 Å². The van der Waals surface area contributed by atoms with E-state index in [0.29, 0.717) is 6.61 Å². The van der Waals surface area contributed by atoms with E-state index in [0.717, 1.165) is 29.1 Å². The number of hydrogen-bond acceptors (Lipinski definition) is 4. The molecule has 2 unspecified atom stereocenters. The highest BCUT2D eigenvalue weighted by Crippen LogP contribution is 2.44. The molecule has 0 amide bonds. The van der Waals surface area contributed by atoms with Gasteiger partial charge in [-0.05, 0) is 44.5 Å². The first-order chi connectivity index (χ1) is 12.0. The second-order valence-corrected chi connectivity index (χ2v) is 6.86. The van der Waals surface area contributed by atoms with Crippen LogP contribution in [0.25, 0.3) is 0 Å². The number of methoxy groups -OCH3 is 1. The van der Waals surface area contributed by atoms with Gasteiger partial charge in [0.1, 0.15) is 23.6 Å². The lowest BCUT2D eigenvalue weighted by atomic mass is 9.88. The minimum Gasteiger partial charge on any atom is -0.485 e. The number of hydrogen-bond donors (Lipinski definition) is 1. The second kappa shape index (κ2) is 7.46. The fourth-order valence-electron chi connectivity index (χ4n) is 3.39. The average molecular weight is 341 g/mol. The summed E-state index contributed by atoms with van der Waals surface area (Å²) in [5.74, 6) is 0.859. The van der Waals surface area contributed by atoms with Gasteiger partial charge in [0, 0.05) is 24.9 Å². The molecule has 4 heteroatoms. The van der Waals surface area contributed by atoms with Gasteiger partial charge in [-0.1, -0.05) is 30.3 Å². The van der Waals surface area contributed by atoms with Gasteiger partial charge in [-0.15, -0.1) is 0 Å². The van der Waals surface area contributed by atoms with Crippen molar-refractivity contribution in [2.24, 2.45) is 0 Å². The Hall–Kier alpha value is -2.04. The number of anilines is 1. The molecule has 4 nitrogen and oxygen atoms in total. The van der Waals surface area contributed by atoms with E-state index in [9.17, 15) is 0 Å². The minimum atomic E-state index is -0.469. The lowest BCUT2D eigenvalue weighted by Gasteiger charge is -2.43. The fourth-order valence-corrected chi connectivity index (χ4v) is 3.39. The molecule has 0 saturated carbocycles. The molecule has 0 bridgehead atoms.